The fourth-order valence-electron chi connectivity index (χ4n) is 3.77. The van der Waals surface area contributed by atoms with Crippen LogP contribution in [0.5, 0.6) is 11.5 Å². The Bertz CT molecular complexity index is 1180. The molecule has 31 heavy (non-hydrogen) atoms. The lowest BCUT2D eigenvalue weighted by molar-refractivity contribution is -0.113. The summed E-state index contributed by atoms with van der Waals surface area (Å²) < 4.78 is 13.2. The summed E-state index contributed by atoms with van der Waals surface area (Å²) in [6.07, 6.45) is 1.92. The summed E-state index contributed by atoms with van der Waals surface area (Å²) in [5.41, 5.74) is 2.87. The van der Waals surface area contributed by atoms with Crippen LogP contribution >= 0.6 is 11.8 Å². The van der Waals surface area contributed by atoms with Crippen LogP contribution in [0, 0.1) is 0 Å². The molecule has 0 fully saturated rings. The summed E-state index contributed by atoms with van der Waals surface area (Å²) in [6.45, 7) is 2.89. The van der Waals surface area contributed by atoms with Gasteiger partial charge in [0.2, 0.25) is 11.1 Å². The second kappa shape index (κ2) is 7.99. The van der Waals surface area contributed by atoms with Gasteiger partial charge >= 0.3 is 0 Å². The molecule has 0 bridgehead atoms. The Morgan fingerprint density at radius 1 is 1.16 bits per heavy atom. The molecule has 5 rings (SSSR count). The Morgan fingerprint density at radius 3 is 2.71 bits per heavy atom. The summed E-state index contributed by atoms with van der Waals surface area (Å²) >= 11 is 1.45. The Hall–Kier alpha value is -3.46. The minimum atomic E-state index is -0.468. The molecule has 9 heteroatoms. The van der Waals surface area contributed by atoms with Crippen LogP contribution in [0.1, 0.15) is 18.5 Å². The number of carbonyl (C=O) groups is 1. The number of benzene rings is 2. The van der Waals surface area contributed by atoms with Crippen molar-refractivity contribution >= 4 is 29.3 Å². The van der Waals surface area contributed by atoms with Crippen LogP contribution < -0.4 is 20.1 Å². The number of carbonyl (C=O) groups excluding carboxylic acids is 1. The number of hydrogen-bond acceptors (Lipinski definition) is 7. The van der Waals surface area contributed by atoms with Crippen molar-refractivity contribution in [2.75, 3.05) is 30.1 Å². The molecule has 1 amide bonds. The fraction of sp³-hybridized carbons (Fsp3) is 0.227. The number of para-hydroxylation sites is 1. The van der Waals surface area contributed by atoms with Gasteiger partial charge in [0.05, 0.1) is 5.57 Å². The molecule has 3 aromatic rings. The number of rotatable bonds is 4. The molecule has 8 nitrogen and oxygen atoms in total. The summed E-state index contributed by atoms with van der Waals surface area (Å²) in [4.78, 5) is 17.9. The molecule has 2 aliphatic rings. The van der Waals surface area contributed by atoms with Crippen molar-refractivity contribution in [2.24, 2.45) is 0 Å². The van der Waals surface area contributed by atoms with Crippen LogP contribution in [-0.2, 0) is 4.79 Å². The van der Waals surface area contributed by atoms with Crippen molar-refractivity contribution < 1.29 is 14.3 Å². The number of allylic oxidation sites excluding steroid dienone is 1. The third-order valence-electron chi connectivity index (χ3n) is 5.17. The fourth-order valence-corrected chi connectivity index (χ4v) is 4.12. The molecular formula is C22H21N5O3S. The standard InChI is InChI=1S/C22H21N5O3S/c1-13-18(20(28)24-15-6-4-3-5-7-15)19(27-21(23-13)25-22(26-27)31-2)14-8-9-16-17(12-14)30-11-10-29-16/h3-9,12,19H,10-11H2,1-2H3,(H,24,28)(H,23,25,26). The van der Waals surface area contributed by atoms with E-state index >= 15 is 0 Å². The maximum Gasteiger partial charge on any atom is 0.255 e. The molecule has 1 unspecified atom stereocenters. The first-order valence-corrected chi connectivity index (χ1v) is 11.1. The van der Waals surface area contributed by atoms with Crippen molar-refractivity contribution in [3.63, 3.8) is 0 Å². The molecule has 3 heterocycles. The number of fused-ring (bicyclic) bond motifs is 2. The van der Waals surface area contributed by atoms with Crippen LogP contribution in [0.15, 0.2) is 65.0 Å². The first-order valence-electron chi connectivity index (χ1n) is 9.88. The van der Waals surface area contributed by atoms with Gasteiger partial charge in [0.1, 0.15) is 19.3 Å². The Morgan fingerprint density at radius 2 is 1.94 bits per heavy atom. The highest BCUT2D eigenvalue weighted by Gasteiger charge is 2.35. The molecule has 2 aliphatic heterocycles. The summed E-state index contributed by atoms with van der Waals surface area (Å²) in [5, 5.41) is 11.5. The van der Waals surface area contributed by atoms with Gasteiger partial charge in [0, 0.05) is 11.4 Å². The van der Waals surface area contributed by atoms with Crippen molar-refractivity contribution in [2.45, 2.75) is 18.1 Å². The van der Waals surface area contributed by atoms with Crippen molar-refractivity contribution in [1.82, 2.24) is 14.8 Å². The highest BCUT2D eigenvalue weighted by atomic mass is 32.2. The number of anilines is 2. The first-order chi connectivity index (χ1) is 15.1. The number of hydrogen-bond donors (Lipinski definition) is 2. The van der Waals surface area contributed by atoms with Gasteiger partial charge in [-0.1, -0.05) is 36.0 Å². The van der Waals surface area contributed by atoms with E-state index in [1.165, 1.54) is 11.8 Å². The Kier molecular flexibility index (Phi) is 5.03. The topological polar surface area (TPSA) is 90.3 Å². The second-order valence-corrected chi connectivity index (χ2v) is 7.93. The Labute approximate surface area is 183 Å². The van der Waals surface area contributed by atoms with E-state index in [1.807, 2.05) is 61.7 Å². The maximum absolute atomic E-state index is 13.4. The minimum Gasteiger partial charge on any atom is -0.486 e. The lowest BCUT2D eigenvalue weighted by Crippen LogP contribution is -2.31. The van der Waals surface area contributed by atoms with E-state index in [4.69, 9.17) is 9.47 Å². The summed E-state index contributed by atoms with van der Waals surface area (Å²) in [6, 6.07) is 14.7. The van der Waals surface area contributed by atoms with Gasteiger partial charge in [-0.25, -0.2) is 4.68 Å². The number of ether oxygens (including phenoxy) is 2. The zero-order chi connectivity index (χ0) is 21.4. The monoisotopic (exact) mass is 435 g/mol. The van der Waals surface area contributed by atoms with Crippen LogP contribution in [0.4, 0.5) is 11.6 Å². The summed E-state index contributed by atoms with van der Waals surface area (Å²) in [7, 11) is 0. The molecule has 1 atom stereocenters. The molecule has 2 aromatic carbocycles. The average Bonchev–Trinajstić information content (AvgIpc) is 3.21. The van der Waals surface area contributed by atoms with E-state index in [0.29, 0.717) is 41.4 Å². The quantitative estimate of drug-likeness (QED) is 0.604. The third-order valence-corrected chi connectivity index (χ3v) is 5.71. The molecule has 0 spiro atoms. The molecule has 0 aliphatic carbocycles. The molecule has 158 valence electrons. The normalized spacial score (nSPS) is 17.0. The zero-order valence-electron chi connectivity index (χ0n) is 17.1. The van der Waals surface area contributed by atoms with Crippen LogP contribution in [0.25, 0.3) is 0 Å². The van der Waals surface area contributed by atoms with Gasteiger partial charge in [0.25, 0.3) is 5.91 Å². The van der Waals surface area contributed by atoms with Gasteiger partial charge in [-0.15, -0.1) is 5.10 Å². The number of nitrogens with one attached hydrogen (secondary N) is 2. The number of amides is 1. The largest absolute Gasteiger partial charge is 0.486 e. The smallest absolute Gasteiger partial charge is 0.255 e. The number of aromatic nitrogens is 3. The lowest BCUT2D eigenvalue weighted by Gasteiger charge is -2.29. The van der Waals surface area contributed by atoms with E-state index in [-0.39, 0.29) is 5.91 Å². The average molecular weight is 436 g/mol. The van der Waals surface area contributed by atoms with E-state index in [2.05, 4.69) is 20.7 Å². The number of nitrogens with zero attached hydrogens (tertiary/aromatic N) is 3. The van der Waals surface area contributed by atoms with E-state index in [0.717, 1.165) is 16.9 Å². The van der Waals surface area contributed by atoms with E-state index in [1.54, 1.807) is 4.68 Å². The molecule has 1 aromatic heterocycles. The highest BCUT2D eigenvalue weighted by molar-refractivity contribution is 7.98. The van der Waals surface area contributed by atoms with Crippen molar-refractivity contribution in [3.05, 3.63) is 65.4 Å². The zero-order valence-corrected chi connectivity index (χ0v) is 17.9. The number of thioether (sulfide) groups is 1. The van der Waals surface area contributed by atoms with Crippen LogP contribution in [0.2, 0.25) is 0 Å². The highest BCUT2D eigenvalue weighted by Crippen LogP contribution is 2.40. The predicted octanol–water partition coefficient (Wildman–Crippen LogP) is 3.70. The van der Waals surface area contributed by atoms with Gasteiger partial charge in [-0.2, -0.15) is 4.98 Å². The third kappa shape index (κ3) is 3.61. The molecule has 2 N–H and O–H groups in total. The molecule has 0 radical (unpaired) electrons. The van der Waals surface area contributed by atoms with Gasteiger partial charge < -0.3 is 20.1 Å². The van der Waals surface area contributed by atoms with Crippen LogP contribution in [0.3, 0.4) is 0 Å². The first kappa shape index (κ1) is 19.5. The Balaban J connectivity index is 1.60. The van der Waals surface area contributed by atoms with Gasteiger partial charge in [-0.3, -0.25) is 4.79 Å². The van der Waals surface area contributed by atoms with E-state index < -0.39 is 6.04 Å². The second-order valence-electron chi connectivity index (χ2n) is 7.16. The van der Waals surface area contributed by atoms with Gasteiger partial charge in [-0.05, 0) is 43.0 Å². The van der Waals surface area contributed by atoms with Crippen LogP contribution in [-0.4, -0.2) is 40.1 Å². The maximum atomic E-state index is 13.4. The minimum absolute atomic E-state index is 0.206. The predicted molar refractivity (Wildman–Crippen MR) is 119 cm³/mol. The molecular weight excluding hydrogens is 414 g/mol. The summed E-state index contributed by atoms with van der Waals surface area (Å²) in [5.74, 6) is 1.75. The van der Waals surface area contributed by atoms with Crippen molar-refractivity contribution in [3.8, 4) is 11.5 Å². The van der Waals surface area contributed by atoms with Gasteiger partial charge in [0.15, 0.2) is 11.5 Å². The molecule has 0 saturated carbocycles. The van der Waals surface area contributed by atoms with Crippen molar-refractivity contribution in [1.29, 1.82) is 0 Å². The lowest BCUT2D eigenvalue weighted by atomic mass is 9.94. The SMILES string of the molecule is CSc1nc2n(n1)C(c1ccc3c(c1)OCCO3)C(C(=O)Nc1ccccc1)=C(C)N2. The van der Waals surface area contributed by atoms with E-state index in [9.17, 15) is 4.79 Å². The molecule has 0 saturated heterocycles.